The van der Waals surface area contributed by atoms with Crippen LogP contribution in [-0.4, -0.2) is 27.7 Å². The Bertz CT molecular complexity index is 1290. The highest BCUT2D eigenvalue weighted by Gasteiger charge is 2.34. The lowest BCUT2D eigenvalue weighted by molar-refractivity contribution is -0.137. The summed E-state index contributed by atoms with van der Waals surface area (Å²) in [5.41, 5.74) is 0.962. The van der Waals surface area contributed by atoms with Gasteiger partial charge >= 0.3 is 6.18 Å². The first-order valence-electron chi connectivity index (χ1n) is 9.78. The van der Waals surface area contributed by atoms with Crippen molar-refractivity contribution in [2.45, 2.75) is 26.1 Å². The fraction of sp³-hybridized carbons (Fsp3) is 0.182. The number of ether oxygens (including phenoxy) is 1. The van der Waals surface area contributed by atoms with Crippen LogP contribution in [-0.2, 0) is 11.0 Å². The van der Waals surface area contributed by atoms with E-state index in [0.717, 1.165) is 28.9 Å². The molecular formula is C22H18F4N4O4. The van der Waals surface area contributed by atoms with Crippen LogP contribution in [0.1, 0.15) is 28.7 Å². The molecule has 0 aliphatic rings. The lowest BCUT2D eigenvalue weighted by Gasteiger charge is -2.17. The van der Waals surface area contributed by atoms with E-state index in [4.69, 9.17) is 4.74 Å². The molecule has 0 spiro atoms. The van der Waals surface area contributed by atoms with Crippen LogP contribution in [0.2, 0.25) is 0 Å². The van der Waals surface area contributed by atoms with Gasteiger partial charge in [0.2, 0.25) is 5.43 Å². The minimum Gasteiger partial charge on any atom is -0.478 e. The summed E-state index contributed by atoms with van der Waals surface area (Å²) >= 11 is 0. The summed E-state index contributed by atoms with van der Waals surface area (Å²) in [5, 5.41) is 3.78. The Labute approximate surface area is 190 Å². The number of aryl methyl sites for hydroxylation is 1. The summed E-state index contributed by atoms with van der Waals surface area (Å²) < 4.78 is 59.9. The maximum absolute atomic E-state index is 13.7. The second-order valence-corrected chi connectivity index (χ2v) is 7.06. The van der Waals surface area contributed by atoms with Crippen molar-refractivity contribution in [3.8, 4) is 11.4 Å². The summed E-state index contributed by atoms with van der Waals surface area (Å²) in [6.45, 7) is 2.64. The van der Waals surface area contributed by atoms with Gasteiger partial charge in [-0.3, -0.25) is 25.2 Å². The summed E-state index contributed by atoms with van der Waals surface area (Å²) in [6.07, 6.45) is -5.95. The molecule has 1 aromatic heterocycles. The number of rotatable bonds is 5. The van der Waals surface area contributed by atoms with Crippen LogP contribution in [0.5, 0.6) is 5.75 Å². The third kappa shape index (κ3) is 5.39. The van der Waals surface area contributed by atoms with E-state index in [1.807, 2.05) is 10.9 Å². The molecule has 0 aliphatic carbocycles. The van der Waals surface area contributed by atoms with Crippen LogP contribution in [0.15, 0.2) is 59.4 Å². The van der Waals surface area contributed by atoms with Crippen LogP contribution in [0.4, 0.5) is 17.6 Å². The normalized spacial score (nSPS) is 12.1. The van der Waals surface area contributed by atoms with Crippen molar-refractivity contribution in [3.05, 3.63) is 87.6 Å². The van der Waals surface area contributed by atoms with Gasteiger partial charge in [0.15, 0.2) is 23.4 Å². The Morgan fingerprint density at radius 3 is 2.38 bits per heavy atom. The molecule has 1 heterocycles. The number of carbonyl (C=O) groups excluding carboxylic acids is 2. The van der Waals surface area contributed by atoms with Gasteiger partial charge in [-0.05, 0) is 38.1 Å². The van der Waals surface area contributed by atoms with Gasteiger partial charge in [0.05, 0.1) is 11.3 Å². The lowest BCUT2D eigenvalue weighted by atomic mass is 10.1. The van der Waals surface area contributed by atoms with E-state index in [0.29, 0.717) is 0 Å². The van der Waals surface area contributed by atoms with Gasteiger partial charge in [0.25, 0.3) is 11.8 Å². The maximum Gasteiger partial charge on any atom is 0.418 e. The van der Waals surface area contributed by atoms with Crippen LogP contribution in [0.25, 0.3) is 5.69 Å². The Morgan fingerprint density at radius 2 is 1.71 bits per heavy atom. The molecule has 0 fully saturated rings. The number of benzene rings is 2. The first-order valence-corrected chi connectivity index (χ1v) is 9.78. The summed E-state index contributed by atoms with van der Waals surface area (Å²) in [4.78, 5) is 36.9. The number of hydrazine groups is 1. The zero-order valence-corrected chi connectivity index (χ0v) is 17.8. The van der Waals surface area contributed by atoms with E-state index >= 15 is 0 Å². The second-order valence-electron chi connectivity index (χ2n) is 7.06. The molecule has 2 aromatic carbocycles. The van der Waals surface area contributed by atoms with E-state index in [-0.39, 0.29) is 11.4 Å². The van der Waals surface area contributed by atoms with Gasteiger partial charge in [-0.2, -0.15) is 18.3 Å². The molecule has 34 heavy (non-hydrogen) atoms. The molecule has 0 saturated carbocycles. The Balaban J connectivity index is 1.79. The average Bonchev–Trinajstić information content (AvgIpc) is 2.78. The van der Waals surface area contributed by atoms with E-state index in [1.54, 1.807) is 0 Å². The topological polar surface area (TPSA) is 102 Å². The molecule has 0 aliphatic heterocycles. The summed E-state index contributed by atoms with van der Waals surface area (Å²) in [5.74, 6) is -2.95. The van der Waals surface area contributed by atoms with Crippen LogP contribution < -0.4 is 21.0 Å². The van der Waals surface area contributed by atoms with Crippen LogP contribution in [0, 0.1) is 12.7 Å². The van der Waals surface area contributed by atoms with Crippen molar-refractivity contribution < 1.29 is 31.9 Å². The predicted molar refractivity (Wildman–Crippen MR) is 112 cm³/mol. The molecule has 3 rings (SSSR count). The molecule has 8 nitrogen and oxygen atoms in total. The third-order valence-corrected chi connectivity index (χ3v) is 4.57. The molecule has 2 N–H and O–H groups in total. The number of nitrogens with zero attached hydrogens (tertiary/aromatic N) is 2. The van der Waals surface area contributed by atoms with Crippen LogP contribution in [0.3, 0.4) is 0 Å². The smallest absolute Gasteiger partial charge is 0.418 e. The van der Waals surface area contributed by atoms with Gasteiger partial charge in [0.1, 0.15) is 0 Å². The predicted octanol–water partition coefficient (Wildman–Crippen LogP) is 2.93. The molecule has 0 saturated heterocycles. The molecule has 12 heteroatoms. The monoisotopic (exact) mass is 478 g/mol. The Morgan fingerprint density at radius 1 is 1.06 bits per heavy atom. The van der Waals surface area contributed by atoms with E-state index in [2.05, 4.69) is 5.10 Å². The number of aromatic nitrogens is 2. The first kappa shape index (κ1) is 24.4. The lowest BCUT2D eigenvalue weighted by Crippen LogP contribution is -2.48. The second kappa shape index (κ2) is 9.73. The fourth-order valence-electron chi connectivity index (χ4n) is 2.91. The molecule has 1 unspecified atom stereocenters. The van der Waals surface area contributed by atoms with Gasteiger partial charge in [0, 0.05) is 11.8 Å². The molecule has 3 aromatic rings. The molecule has 2 amide bonds. The van der Waals surface area contributed by atoms with Crippen molar-refractivity contribution in [2.75, 3.05) is 0 Å². The highest BCUT2D eigenvalue weighted by molar-refractivity contribution is 5.94. The number of amides is 2. The van der Waals surface area contributed by atoms with Crippen molar-refractivity contribution in [1.29, 1.82) is 0 Å². The maximum atomic E-state index is 13.7. The zero-order valence-electron chi connectivity index (χ0n) is 17.8. The standard InChI is InChI=1S/C22H18F4N4O4/c1-12-11-17(31)19(29-30(12)16-9-5-3-7-14(16)22(24,25)26)21(33)28-27-20(32)13(2)34-18-10-6-4-8-15(18)23/h3-11,13H,1-2H3,(H,27,32)(H,28,33). The SMILES string of the molecule is Cc1cc(=O)c(C(=O)NNC(=O)C(C)Oc2ccccc2F)nn1-c1ccccc1C(F)(F)F. The summed E-state index contributed by atoms with van der Waals surface area (Å²) in [7, 11) is 0. The molecular weight excluding hydrogens is 460 g/mol. The van der Waals surface area contributed by atoms with Crippen molar-refractivity contribution in [1.82, 2.24) is 20.6 Å². The molecule has 1 atom stereocenters. The fourth-order valence-corrected chi connectivity index (χ4v) is 2.91. The first-order chi connectivity index (χ1) is 16.0. The van der Waals surface area contributed by atoms with E-state index in [9.17, 15) is 31.9 Å². The Hall–Kier alpha value is -4.22. The average molecular weight is 478 g/mol. The van der Waals surface area contributed by atoms with Gasteiger partial charge in [-0.15, -0.1) is 0 Å². The molecule has 0 radical (unpaired) electrons. The van der Waals surface area contributed by atoms with Crippen molar-refractivity contribution in [2.24, 2.45) is 0 Å². The number of hydrogen-bond donors (Lipinski definition) is 2. The molecule has 0 bridgehead atoms. The van der Waals surface area contributed by atoms with Gasteiger partial charge in [-0.25, -0.2) is 9.07 Å². The summed E-state index contributed by atoms with van der Waals surface area (Å²) in [6, 6.07) is 10.8. The molecule has 178 valence electrons. The number of halogens is 4. The van der Waals surface area contributed by atoms with E-state index < -0.39 is 52.3 Å². The highest BCUT2D eigenvalue weighted by Crippen LogP contribution is 2.33. The highest BCUT2D eigenvalue weighted by atomic mass is 19.4. The van der Waals surface area contributed by atoms with Crippen LogP contribution >= 0.6 is 0 Å². The third-order valence-electron chi connectivity index (χ3n) is 4.57. The van der Waals surface area contributed by atoms with Crippen molar-refractivity contribution in [3.63, 3.8) is 0 Å². The quantitative estimate of drug-likeness (QED) is 0.434. The minimum atomic E-state index is -4.71. The zero-order chi connectivity index (χ0) is 25.0. The van der Waals surface area contributed by atoms with Gasteiger partial charge < -0.3 is 4.74 Å². The number of para-hydroxylation sites is 2. The number of alkyl halides is 3. The van der Waals surface area contributed by atoms with Crippen molar-refractivity contribution >= 4 is 11.8 Å². The minimum absolute atomic E-state index is 0.0502. The Kier molecular flexibility index (Phi) is 6.99. The largest absolute Gasteiger partial charge is 0.478 e. The number of nitrogens with one attached hydrogen (secondary N) is 2. The number of carbonyl (C=O) groups is 2. The van der Waals surface area contributed by atoms with E-state index in [1.165, 1.54) is 44.2 Å². The number of hydrogen-bond acceptors (Lipinski definition) is 5. The van der Waals surface area contributed by atoms with Gasteiger partial charge in [-0.1, -0.05) is 24.3 Å².